The van der Waals surface area contributed by atoms with E-state index in [0.29, 0.717) is 13.2 Å². The molecule has 0 N–H and O–H groups in total. The fourth-order valence-electron chi connectivity index (χ4n) is 0.746. The van der Waals surface area contributed by atoms with E-state index in [0.717, 1.165) is 0 Å². The maximum Gasteiger partial charge on any atom is 0.222 e. The second-order valence-electron chi connectivity index (χ2n) is 4.09. The summed E-state index contributed by atoms with van der Waals surface area (Å²) < 4.78 is 10.4. The molecule has 0 saturated heterocycles. The van der Waals surface area contributed by atoms with E-state index in [4.69, 9.17) is 9.47 Å². The van der Waals surface area contributed by atoms with Gasteiger partial charge in [0.15, 0.2) is 0 Å². The van der Waals surface area contributed by atoms with Gasteiger partial charge in [-0.25, -0.2) is 0 Å². The molecule has 0 rings (SSSR count). The monoisotopic (exact) mass is 212 g/mol. The molecular weight excluding hydrogens is 192 g/mol. The van der Waals surface area contributed by atoms with E-state index in [9.17, 15) is 4.79 Å². The molecule has 86 valence electrons. The molecule has 0 bridgehead atoms. The third-order valence-corrected chi connectivity index (χ3v) is 1.62. The first-order valence-corrected chi connectivity index (χ1v) is 5.21. The Hall–Kier alpha value is -0.850. The number of ketones is 1. The van der Waals surface area contributed by atoms with Crippen LogP contribution in [0.25, 0.3) is 0 Å². The van der Waals surface area contributed by atoms with E-state index in [1.165, 1.54) is 0 Å². The summed E-state index contributed by atoms with van der Waals surface area (Å²) in [6, 6.07) is 0. The SMILES string of the molecule is CCOC(C#CC(=O)C(C)(C)C)OCC. The summed E-state index contributed by atoms with van der Waals surface area (Å²) in [5, 5.41) is 0. The number of hydrogen-bond donors (Lipinski definition) is 0. The summed E-state index contributed by atoms with van der Waals surface area (Å²) in [5.74, 6) is 5.13. The van der Waals surface area contributed by atoms with Crippen molar-refractivity contribution in [3.63, 3.8) is 0 Å². The van der Waals surface area contributed by atoms with Gasteiger partial charge in [0.05, 0.1) is 0 Å². The molecule has 0 atom stereocenters. The smallest absolute Gasteiger partial charge is 0.222 e. The van der Waals surface area contributed by atoms with E-state index in [-0.39, 0.29) is 5.78 Å². The number of Topliss-reactive ketones (excluding diaryl/α,β-unsaturated/α-hetero) is 1. The number of hydrogen-bond acceptors (Lipinski definition) is 3. The highest BCUT2D eigenvalue weighted by molar-refractivity contribution is 5.99. The van der Waals surface area contributed by atoms with Gasteiger partial charge in [-0.2, -0.15) is 0 Å². The number of ether oxygens (including phenoxy) is 2. The molecule has 0 saturated carbocycles. The topological polar surface area (TPSA) is 35.5 Å². The fraction of sp³-hybridized carbons (Fsp3) is 0.750. The molecule has 0 aromatic rings. The summed E-state index contributed by atoms with van der Waals surface area (Å²) in [6.07, 6.45) is -0.591. The van der Waals surface area contributed by atoms with Gasteiger partial charge in [0, 0.05) is 18.6 Å². The van der Waals surface area contributed by atoms with Crippen LogP contribution in [0.5, 0.6) is 0 Å². The molecule has 0 aliphatic rings. The Morgan fingerprint density at radius 2 is 1.67 bits per heavy atom. The quantitative estimate of drug-likeness (QED) is 0.406. The van der Waals surface area contributed by atoms with Gasteiger partial charge in [0.1, 0.15) is 0 Å². The lowest BCUT2D eigenvalue weighted by Gasteiger charge is -2.12. The van der Waals surface area contributed by atoms with Crippen LogP contribution in [0.1, 0.15) is 34.6 Å². The average molecular weight is 212 g/mol. The highest BCUT2D eigenvalue weighted by Gasteiger charge is 2.19. The van der Waals surface area contributed by atoms with Crippen molar-refractivity contribution in [1.29, 1.82) is 0 Å². The van der Waals surface area contributed by atoms with Crippen molar-refractivity contribution < 1.29 is 14.3 Å². The summed E-state index contributed by atoms with van der Waals surface area (Å²) >= 11 is 0. The van der Waals surface area contributed by atoms with Crippen molar-refractivity contribution in [2.75, 3.05) is 13.2 Å². The van der Waals surface area contributed by atoms with Crippen molar-refractivity contribution in [2.24, 2.45) is 5.41 Å². The Kier molecular flexibility index (Phi) is 6.23. The molecule has 0 spiro atoms. The summed E-state index contributed by atoms with van der Waals surface area (Å²) in [4.78, 5) is 11.5. The van der Waals surface area contributed by atoms with Crippen LogP contribution in [0.3, 0.4) is 0 Å². The van der Waals surface area contributed by atoms with Gasteiger partial charge in [-0.3, -0.25) is 4.79 Å². The number of carbonyl (C=O) groups excluding carboxylic acids is 1. The largest absolute Gasteiger partial charge is 0.342 e. The lowest BCUT2D eigenvalue weighted by molar-refractivity contribution is -0.120. The lowest BCUT2D eigenvalue weighted by atomic mass is 9.91. The number of carbonyl (C=O) groups is 1. The summed E-state index contributed by atoms with van der Waals surface area (Å²) in [6.45, 7) is 10.3. The van der Waals surface area contributed by atoms with Gasteiger partial charge >= 0.3 is 0 Å². The molecule has 0 amide bonds. The Balaban J connectivity index is 4.38. The van der Waals surface area contributed by atoms with Crippen LogP contribution in [0, 0.1) is 17.3 Å². The van der Waals surface area contributed by atoms with Crippen LogP contribution in [0.15, 0.2) is 0 Å². The standard InChI is InChI=1S/C12H20O3/c1-6-14-11(15-7-2)9-8-10(13)12(3,4)5/h11H,6-7H2,1-5H3. The van der Waals surface area contributed by atoms with E-state index in [1.54, 1.807) is 0 Å². The minimum Gasteiger partial charge on any atom is -0.342 e. The Bertz CT molecular complexity index is 246. The third kappa shape index (κ3) is 6.27. The summed E-state index contributed by atoms with van der Waals surface area (Å²) in [7, 11) is 0. The molecule has 0 heterocycles. The molecular formula is C12H20O3. The average Bonchev–Trinajstić information content (AvgIpc) is 2.12. The van der Waals surface area contributed by atoms with Crippen LogP contribution in [-0.2, 0) is 14.3 Å². The first kappa shape index (κ1) is 14.2. The van der Waals surface area contributed by atoms with Gasteiger partial charge in [-0.1, -0.05) is 20.8 Å². The predicted octanol–water partition coefficient (Wildman–Crippen LogP) is 2.00. The zero-order valence-electron chi connectivity index (χ0n) is 10.2. The van der Waals surface area contributed by atoms with Crippen LogP contribution >= 0.6 is 0 Å². The Morgan fingerprint density at radius 1 is 1.20 bits per heavy atom. The van der Waals surface area contributed by atoms with E-state index < -0.39 is 11.7 Å². The minimum absolute atomic E-state index is 0.105. The van der Waals surface area contributed by atoms with E-state index in [2.05, 4.69) is 11.8 Å². The first-order valence-electron chi connectivity index (χ1n) is 5.21. The molecule has 0 aliphatic carbocycles. The number of rotatable bonds is 4. The Morgan fingerprint density at radius 3 is 2.00 bits per heavy atom. The third-order valence-electron chi connectivity index (χ3n) is 1.62. The van der Waals surface area contributed by atoms with Crippen molar-refractivity contribution in [3.8, 4) is 11.8 Å². The first-order chi connectivity index (χ1) is 6.91. The predicted molar refractivity (Wildman–Crippen MR) is 59.3 cm³/mol. The molecule has 0 aliphatic heterocycles. The van der Waals surface area contributed by atoms with Crippen LogP contribution in [-0.4, -0.2) is 25.3 Å². The Labute approximate surface area is 92.1 Å². The normalized spacial score (nSPS) is 11.1. The minimum atomic E-state index is -0.591. The van der Waals surface area contributed by atoms with Crippen molar-refractivity contribution in [3.05, 3.63) is 0 Å². The molecule has 0 radical (unpaired) electrons. The van der Waals surface area contributed by atoms with Crippen LogP contribution in [0.2, 0.25) is 0 Å². The second kappa shape index (κ2) is 6.60. The maximum atomic E-state index is 11.5. The molecule has 0 aromatic heterocycles. The van der Waals surface area contributed by atoms with Gasteiger partial charge in [-0.05, 0) is 25.7 Å². The molecule has 0 aromatic carbocycles. The maximum absolute atomic E-state index is 11.5. The fourth-order valence-corrected chi connectivity index (χ4v) is 0.746. The zero-order valence-corrected chi connectivity index (χ0v) is 10.2. The van der Waals surface area contributed by atoms with Crippen molar-refractivity contribution in [1.82, 2.24) is 0 Å². The van der Waals surface area contributed by atoms with Crippen LogP contribution < -0.4 is 0 Å². The molecule has 0 fully saturated rings. The lowest BCUT2D eigenvalue weighted by Crippen LogP contribution is -2.20. The second-order valence-corrected chi connectivity index (χ2v) is 4.09. The van der Waals surface area contributed by atoms with Gasteiger partial charge in [0.2, 0.25) is 12.1 Å². The highest BCUT2D eigenvalue weighted by atomic mass is 16.7. The molecule has 15 heavy (non-hydrogen) atoms. The van der Waals surface area contributed by atoms with Gasteiger partial charge in [-0.15, -0.1) is 0 Å². The molecule has 3 heteroatoms. The molecule has 3 nitrogen and oxygen atoms in total. The van der Waals surface area contributed by atoms with Gasteiger partial charge in [0.25, 0.3) is 0 Å². The van der Waals surface area contributed by atoms with Gasteiger partial charge < -0.3 is 9.47 Å². The van der Waals surface area contributed by atoms with Crippen molar-refractivity contribution >= 4 is 5.78 Å². The van der Waals surface area contributed by atoms with E-state index >= 15 is 0 Å². The molecule has 0 unspecified atom stereocenters. The zero-order chi connectivity index (χ0) is 11.9. The highest BCUT2D eigenvalue weighted by Crippen LogP contribution is 2.13. The van der Waals surface area contributed by atoms with Crippen molar-refractivity contribution in [2.45, 2.75) is 40.9 Å². The van der Waals surface area contributed by atoms with E-state index in [1.807, 2.05) is 34.6 Å². The summed E-state index contributed by atoms with van der Waals surface area (Å²) in [5.41, 5.74) is -0.435. The van der Waals surface area contributed by atoms with Crippen LogP contribution in [0.4, 0.5) is 0 Å².